The third kappa shape index (κ3) is 5.60. The summed E-state index contributed by atoms with van der Waals surface area (Å²) in [6.45, 7) is 4.79. The van der Waals surface area contributed by atoms with Crippen LogP contribution in [0.2, 0.25) is 0 Å². The van der Waals surface area contributed by atoms with E-state index in [0.29, 0.717) is 11.4 Å². The Balaban J connectivity index is 2.19. The summed E-state index contributed by atoms with van der Waals surface area (Å²) in [6, 6.07) is 16.7. The number of aryl methyl sites for hydroxylation is 1. The van der Waals surface area contributed by atoms with Crippen LogP contribution in [0.25, 0.3) is 0 Å². The Morgan fingerprint density at radius 3 is 2.04 bits per heavy atom. The van der Waals surface area contributed by atoms with Crippen LogP contribution in [0.4, 0.5) is 5.69 Å². The molecule has 0 aliphatic carbocycles. The SMILES string of the molecule is CCCCCCc1ccc(N(CCCC)S(=O)(=O)c2ccccc2)cc1. The molecule has 2 aromatic carbocycles. The number of rotatable bonds is 11. The quantitative estimate of drug-likeness (QED) is 0.466. The van der Waals surface area contributed by atoms with Gasteiger partial charge in [0.1, 0.15) is 0 Å². The summed E-state index contributed by atoms with van der Waals surface area (Å²) in [6.07, 6.45) is 7.81. The molecule has 0 N–H and O–H groups in total. The highest BCUT2D eigenvalue weighted by Gasteiger charge is 2.24. The first-order valence-corrected chi connectivity index (χ1v) is 11.2. The number of hydrogen-bond acceptors (Lipinski definition) is 2. The van der Waals surface area contributed by atoms with Gasteiger partial charge in [-0.2, -0.15) is 0 Å². The fourth-order valence-corrected chi connectivity index (χ4v) is 4.52. The molecular weight excluding hydrogens is 342 g/mol. The Bertz CT molecular complexity index is 739. The highest BCUT2D eigenvalue weighted by atomic mass is 32.2. The zero-order chi connectivity index (χ0) is 18.8. The first-order valence-electron chi connectivity index (χ1n) is 9.76. The Hall–Kier alpha value is -1.81. The molecule has 0 atom stereocenters. The van der Waals surface area contributed by atoms with Gasteiger partial charge in [0.15, 0.2) is 0 Å². The maximum Gasteiger partial charge on any atom is 0.264 e. The number of nitrogens with zero attached hydrogens (tertiary/aromatic N) is 1. The van der Waals surface area contributed by atoms with Crippen molar-refractivity contribution in [2.24, 2.45) is 0 Å². The van der Waals surface area contributed by atoms with Crippen LogP contribution in [0.15, 0.2) is 59.5 Å². The van der Waals surface area contributed by atoms with Crippen molar-refractivity contribution < 1.29 is 8.42 Å². The minimum absolute atomic E-state index is 0.347. The smallest absolute Gasteiger partial charge is 0.264 e. The number of hydrogen-bond donors (Lipinski definition) is 0. The van der Waals surface area contributed by atoms with Crippen LogP contribution < -0.4 is 4.31 Å². The van der Waals surface area contributed by atoms with Gasteiger partial charge < -0.3 is 0 Å². The van der Waals surface area contributed by atoms with Crippen molar-refractivity contribution >= 4 is 15.7 Å². The molecule has 0 aliphatic rings. The Labute approximate surface area is 159 Å². The van der Waals surface area contributed by atoms with Crippen molar-refractivity contribution in [1.29, 1.82) is 0 Å². The van der Waals surface area contributed by atoms with Crippen LogP contribution in [0.5, 0.6) is 0 Å². The molecule has 0 radical (unpaired) electrons. The average molecular weight is 374 g/mol. The molecule has 0 bridgehead atoms. The first-order chi connectivity index (χ1) is 12.6. The fraction of sp³-hybridized carbons (Fsp3) is 0.455. The van der Waals surface area contributed by atoms with Gasteiger partial charge in [0.05, 0.1) is 10.6 Å². The summed E-state index contributed by atoms with van der Waals surface area (Å²) in [5.74, 6) is 0. The van der Waals surface area contributed by atoms with Crippen LogP contribution in [-0.2, 0) is 16.4 Å². The van der Waals surface area contributed by atoms with E-state index in [2.05, 4.69) is 26.0 Å². The van der Waals surface area contributed by atoms with E-state index < -0.39 is 10.0 Å². The van der Waals surface area contributed by atoms with E-state index in [1.165, 1.54) is 31.2 Å². The average Bonchev–Trinajstić information content (AvgIpc) is 2.67. The predicted octanol–water partition coefficient (Wildman–Crippen LogP) is 5.80. The van der Waals surface area contributed by atoms with Crippen LogP contribution in [0.3, 0.4) is 0 Å². The summed E-state index contributed by atoms with van der Waals surface area (Å²) in [5.41, 5.74) is 2.03. The van der Waals surface area contributed by atoms with Crippen LogP contribution in [0.1, 0.15) is 57.9 Å². The van der Waals surface area contributed by atoms with Gasteiger partial charge in [-0.15, -0.1) is 0 Å². The summed E-state index contributed by atoms with van der Waals surface area (Å²) in [5, 5.41) is 0. The standard InChI is InChI=1S/C22H31NO2S/c1-3-5-7-9-12-20-15-17-21(18-16-20)23(19-6-4-2)26(24,25)22-13-10-8-11-14-22/h8,10-11,13-18H,3-7,9,12,19H2,1-2H3. The van der Waals surface area contributed by atoms with Gasteiger partial charge in [-0.1, -0.05) is 69.9 Å². The van der Waals surface area contributed by atoms with Gasteiger partial charge in [-0.05, 0) is 49.1 Å². The van der Waals surface area contributed by atoms with Crippen molar-refractivity contribution in [3.63, 3.8) is 0 Å². The zero-order valence-electron chi connectivity index (χ0n) is 16.0. The molecule has 0 saturated heterocycles. The van der Waals surface area contributed by atoms with Crippen molar-refractivity contribution in [2.75, 3.05) is 10.8 Å². The third-order valence-corrected chi connectivity index (χ3v) is 6.43. The Kier molecular flexibility index (Phi) is 8.17. The highest BCUT2D eigenvalue weighted by Crippen LogP contribution is 2.25. The number of benzene rings is 2. The van der Waals surface area contributed by atoms with Crippen LogP contribution >= 0.6 is 0 Å². The monoisotopic (exact) mass is 373 g/mol. The number of unbranched alkanes of at least 4 members (excludes halogenated alkanes) is 4. The minimum Gasteiger partial charge on any atom is -0.266 e. The van der Waals surface area contributed by atoms with E-state index in [1.807, 2.05) is 18.2 Å². The molecule has 0 heterocycles. The molecule has 26 heavy (non-hydrogen) atoms. The zero-order valence-corrected chi connectivity index (χ0v) is 16.8. The molecule has 0 aliphatic heterocycles. The van der Waals surface area contributed by atoms with Gasteiger partial charge >= 0.3 is 0 Å². The van der Waals surface area contributed by atoms with Crippen molar-refractivity contribution in [1.82, 2.24) is 0 Å². The van der Waals surface area contributed by atoms with E-state index in [4.69, 9.17) is 0 Å². The Morgan fingerprint density at radius 1 is 0.769 bits per heavy atom. The molecule has 0 fully saturated rings. The van der Waals surface area contributed by atoms with Gasteiger partial charge in [0, 0.05) is 6.54 Å². The largest absolute Gasteiger partial charge is 0.266 e. The molecule has 2 aromatic rings. The van der Waals surface area contributed by atoms with Gasteiger partial charge in [0.2, 0.25) is 0 Å². The molecule has 0 unspecified atom stereocenters. The first kappa shape index (κ1) is 20.5. The molecule has 142 valence electrons. The molecule has 0 amide bonds. The fourth-order valence-electron chi connectivity index (χ4n) is 2.99. The molecular formula is C22H31NO2S. The van der Waals surface area contributed by atoms with E-state index in [1.54, 1.807) is 28.6 Å². The molecule has 0 saturated carbocycles. The second-order valence-electron chi connectivity index (χ2n) is 6.72. The van der Waals surface area contributed by atoms with Gasteiger partial charge in [0.25, 0.3) is 10.0 Å². The van der Waals surface area contributed by atoms with Crippen molar-refractivity contribution in [2.45, 2.75) is 63.7 Å². The lowest BCUT2D eigenvalue weighted by molar-refractivity contribution is 0.588. The maximum absolute atomic E-state index is 13.1. The van der Waals surface area contributed by atoms with Crippen molar-refractivity contribution in [3.8, 4) is 0 Å². The molecule has 3 nitrogen and oxygen atoms in total. The normalized spacial score (nSPS) is 11.5. The lowest BCUT2D eigenvalue weighted by Crippen LogP contribution is -2.32. The minimum atomic E-state index is -3.53. The van der Waals surface area contributed by atoms with E-state index >= 15 is 0 Å². The van der Waals surface area contributed by atoms with E-state index in [9.17, 15) is 8.42 Å². The Morgan fingerprint density at radius 2 is 1.42 bits per heavy atom. The summed E-state index contributed by atoms with van der Waals surface area (Å²) in [4.78, 5) is 0.347. The number of anilines is 1. The lowest BCUT2D eigenvalue weighted by atomic mass is 10.1. The third-order valence-electron chi connectivity index (χ3n) is 4.59. The van der Waals surface area contributed by atoms with Crippen LogP contribution in [-0.4, -0.2) is 15.0 Å². The predicted molar refractivity (Wildman–Crippen MR) is 110 cm³/mol. The summed E-state index contributed by atoms with van der Waals surface area (Å²) in [7, 11) is -3.53. The lowest BCUT2D eigenvalue weighted by Gasteiger charge is -2.24. The topological polar surface area (TPSA) is 37.4 Å². The van der Waals surface area contributed by atoms with Crippen molar-refractivity contribution in [3.05, 3.63) is 60.2 Å². The number of sulfonamides is 1. The summed E-state index contributed by atoms with van der Waals surface area (Å²) < 4.78 is 27.7. The second-order valence-corrected chi connectivity index (χ2v) is 8.58. The van der Waals surface area contributed by atoms with Crippen LogP contribution in [0, 0.1) is 0 Å². The molecule has 4 heteroatoms. The van der Waals surface area contributed by atoms with E-state index in [0.717, 1.165) is 24.9 Å². The van der Waals surface area contributed by atoms with Gasteiger partial charge in [-0.3, -0.25) is 4.31 Å². The molecule has 0 spiro atoms. The molecule has 0 aromatic heterocycles. The maximum atomic E-state index is 13.1. The van der Waals surface area contributed by atoms with E-state index in [-0.39, 0.29) is 0 Å². The summed E-state index contributed by atoms with van der Waals surface area (Å²) >= 11 is 0. The second kappa shape index (κ2) is 10.4. The highest BCUT2D eigenvalue weighted by molar-refractivity contribution is 7.92. The molecule has 2 rings (SSSR count). The van der Waals surface area contributed by atoms with Gasteiger partial charge in [-0.25, -0.2) is 8.42 Å².